The molecule has 0 bridgehead atoms. The third kappa shape index (κ3) is 4.48. The second-order valence-corrected chi connectivity index (χ2v) is 5.16. The van der Waals surface area contributed by atoms with Crippen LogP contribution in [0.1, 0.15) is 10.4 Å². The highest BCUT2D eigenvalue weighted by atomic mass is 79.9. The maximum atomic E-state index is 11.6. The van der Waals surface area contributed by atoms with E-state index >= 15 is 0 Å². The topological polar surface area (TPSA) is 26.3 Å². The first-order valence-electron chi connectivity index (χ1n) is 5.42. The molecule has 2 rings (SSSR count). The quantitative estimate of drug-likeness (QED) is 0.434. The Kier molecular flexibility index (Phi) is 7.03. The molecule has 0 saturated heterocycles. The number of benzene rings is 2. The number of Topliss-reactive ketones (excluding diaryl/α,β-unsaturated/α-hetero) is 1. The fourth-order valence-corrected chi connectivity index (χ4v) is 2.20. The maximum absolute atomic E-state index is 11.6. The van der Waals surface area contributed by atoms with E-state index in [1.165, 1.54) is 0 Å². The lowest BCUT2D eigenvalue weighted by Gasteiger charge is -2.08. The van der Waals surface area contributed by atoms with Crippen LogP contribution in [0.25, 0.3) is 0 Å². The summed E-state index contributed by atoms with van der Waals surface area (Å²) >= 11 is 15.0. The normalized spacial score (nSPS) is 9.75. The Morgan fingerprint density at radius 3 is 2.20 bits per heavy atom. The molecule has 20 heavy (non-hydrogen) atoms. The monoisotopic (exact) mass is 438 g/mol. The molecular weight excluding hydrogens is 431 g/mol. The van der Waals surface area contributed by atoms with Crippen molar-refractivity contribution in [3.63, 3.8) is 0 Å². The lowest BCUT2D eigenvalue weighted by Crippen LogP contribution is -2.00. The van der Waals surface area contributed by atoms with E-state index in [4.69, 9.17) is 27.9 Å². The first-order valence-corrected chi connectivity index (χ1v) is 7.30. The Morgan fingerprint density at radius 1 is 1.05 bits per heavy atom. The molecule has 2 aromatic rings. The van der Waals surface area contributed by atoms with Gasteiger partial charge in [0.2, 0.25) is 0 Å². The average Bonchev–Trinajstić information content (AvgIpc) is 2.41. The lowest BCUT2D eigenvalue weighted by molar-refractivity contribution is 0.102. The van der Waals surface area contributed by atoms with E-state index in [-0.39, 0.29) is 28.1 Å². The number of hydrogen-bond donors (Lipinski definition) is 0. The van der Waals surface area contributed by atoms with Crippen molar-refractivity contribution < 1.29 is 9.53 Å². The van der Waals surface area contributed by atoms with Gasteiger partial charge in [0.25, 0.3) is 0 Å². The molecule has 0 aliphatic rings. The van der Waals surface area contributed by atoms with Gasteiger partial charge in [0.1, 0.15) is 11.5 Å². The average molecular weight is 441 g/mol. The van der Waals surface area contributed by atoms with E-state index in [0.717, 1.165) is 0 Å². The van der Waals surface area contributed by atoms with Crippen LogP contribution in [0.4, 0.5) is 0 Å². The number of carbonyl (C=O) groups is 1. The Labute approximate surface area is 145 Å². The highest BCUT2D eigenvalue weighted by molar-refractivity contribution is 9.09. The first-order chi connectivity index (χ1) is 9.10. The number of alkyl halides is 1. The third-order valence-corrected chi connectivity index (χ3v) is 3.49. The minimum absolute atomic E-state index is 0. The van der Waals surface area contributed by atoms with Crippen LogP contribution in [0, 0.1) is 0 Å². The zero-order chi connectivity index (χ0) is 13.8. The van der Waals surface area contributed by atoms with Crippen molar-refractivity contribution in [2.75, 3.05) is 5.33 Å². The van der Waals surface area contributed by atoms with Gasteiger partial charge in [0.05, 0.1) is 10.4 Å². The van der Waals surface area contributed by atoms with E-state index in [1.54, 1.807) is 42.5 Å². The largest absolute Gasteiger partial charge is 0.457 e. The lowest BCUT2D eigenvalue weighted by atomic mass is 10.1. The Balaban J connectivity index is 0.00000200. The van der Waals surface area contributed by atoms with E-state index in [1.807, 2.05) is 0 Å². The standard InChI is InChI=1S/C14H9BrCl2O2.BrH/c15-8-14(18)12-6-5-11(7-13(12)17)19-10-3-1-9(16)2-4-10;/h1-7H,8H2;1H. The fourth-order valence-electron chi connectivity index (χ4n) is 1.50. The van der Waals surface area contributed by atoms with Gasteiger partial charge in [-0.3, -0.25) is 4.79 Å². The van der Waals surface area contributed by atoms with Gasteiger partial charge in [-0.25, -0.2) is 0 Å². The van der Waals surface area contributed by atoms with Gasteiger partial charge in [-0.05, 0) is 36.4 Å². The van der Waals surface area contributed by atoms with Gasteiger partial charge in [0.15, 0.2) is 5.78 Å². The Hall–Kier alpha value is -0.550. The SMILES string of the molecule is Br.O=C(CBr)c1ccc(Oc2ccc(Cl)cc2)cc1Cl. The first kappa shape index (κ1) is 17.5. The summed E-state index contributed by atoms with van der Waals surface area (Å²) in [7, 11) is 0. The van der Waals surface area contributed by atoms with Gasteiger partial charge < -0.3 is 4.74 Å². The summed E-state index contributed by atoms with van der Waals surface area (Å²) in [5, 5.41) is 1.25. The molecule has 0 spiro atoms. The molecule has 0 atom stereocenters. The van der Waals surface area contributed by atoms with Crippen LogP contribution in [0.3, 0.4) is 0 Å². The van der Waals surface area contributed by atoms with E-state index in [0.29, 0.717) is 27.1 Å². The van der Waals surface area contributed by atoms with Crippen LogP contribution in [0.5, 0.6) is 11.5 Å². The molecule has 0 heterocycles. The van der Waals surface area contributed by atoms with E-state index < -0.39 is 0 Å². The molecule has 6 heteroatoms. The molecule has 0 N–H and O–H groups in total. The van der Waals surface area contributed by atoms with Crippen LogP contribution < -0.4 is 4.74 Å². The molecule has 2 nitrogen and oxygen atoms in total. The molecule has 0 radical (unpaired) electrons. The van der Waals surface area contributed by atoms with Crippen molar-refractivity contribution >= 4 is 61.9 Å². The Bertz CT molecular complexity index is 601. The van der Waals surface area contributed by atoms with E-state index in [2.05, 4.69) is 15.9 Å². The summed E-state index contributed by atoms with van der Waals surface area (Å²) in [6, 6.07) is 12.0. The number of halogens is 4. The van der Waals surface area contributed by atoms with Crippen LogP contribution in [0.2, 0.25) is 10.0 Å². The molecule has 106 valence electrons. The van der Waals surface area contributed by atoms with Crippen molar-refractivity contribution in [3.8, 4) is 11.5 Å². The molecule has 0 aliphatic heterocycles. The number of ether oxygens (including phenoxy) is 1. The summed E-state index contributed by atoms with van der Waals surface area (Å²) in [5.74, 6) is 1.15. The number of rotatable bonds is 4. The highest BCUT2D eigenvalue weighted by Gasteiger charge is 2.10. The molecule has 2 aromatic carbocycles. The van der Waals surface area contributed by atoms with E-state index in [9.17, 15) is 4.79 Å². The minimum Gasteiger partial charge on any atom is -0.457 e. The number of ketones is 1. The van der Waals surface area contributed by atoms with Gasteiger partial charge in [0, 0.05) is 16.7 Å². The molecule has 0 aromatic heterocycles. The zero-order valence-electron chi connectivity index (χ0n) is 10.1. The van der Waals surface area contributed by atoms with Crippen molar-refractivity contribution in [2.45, 2.75) is 0 Å². The van der Waals surface area contributed by atoms with Crippen LogP contribution in [-0.4, -0.2) is 11.1 Å². The summed E-state index contributed by atoms with van der Waals surface area (Å²) < 4.78 is 5.62. The molecular formula is C14H10Br2Cl2O2. The second-order valence-electron chi connectivity index (χ2n) is 3.75. The van der Waals surface area contributed by atoms with Crippen LogP contribution in [-0.2, 0) is 0 Å². The van der Waals surface area contributed by atoms with Crippen LogP contribution >= 0.6 is 56.1 Å². The van der Waals surface area contributed by atoms with Crippen molar-refractivity contribution in [3.05, 3.63) is 58.1 Å². The smallest absolute Gasteiger partial charge is 0.174 e. The van der Waals surface area contributed by atoms with Gasteiger partial charge in [-0.2, -0.15) is 0 Å². The van der Waals surface area contributed by atoms with Gasteiger partial charge >= 0.3 is 0 Å². The predicted octanol–water partition coefficient (Wildman–Crippen LogP) is 5.94. The van der Waals surface area contributed by atoms with Crippen LogP contribution in [0.15, 0.2) is 42.5 Å². The third-order valence-electron chi connectivity index (χ3n) is 2.41. The summed E-state index contributed by atoms with van der Waals surface area (Å²) in [4.78, 5) is 11.6. The molecule has 0 unspecified atom stereocenters. The molecule has 0 amide bonds. The molecule has 0 aliphatic carbocycles. The van der Waals surface area contributed by atoms with Gasteiger partial charge in [-0.15, -0.1) is 17.0 Å². The number of carbonyl (C=O) groups excluding carboxylic acids is 1. The van der Waals surface area contributed by atoms with Crippen molar-refractivity contribution in [1.29, 1.82) is 0 Å². The van der Waals surface area contributed by atoms with Gasteiger partial charge in [-0.1, -0.05) is 39.1 Å². The zero-order valence-corrected chi connectivity index (χ0v) is 14.9. The fraction of sp³-hybridized carbons (Fsp3) is 0.0714. The Morgan fingerprint density at radius 2 is 1.65 bits per heavy atom. The summed E-state index contributed by atoms with van der Waals surface area (Å²) in [6.07, 6.45) is 0. The minimum atomic E-state index is -0.0666. The highest BCUT2D eigenvalue weighted by Crippen LogP contribution is 2.28. The molecule has 0 fully saturated rings. The molecule has 0 saturated carbocycles. The predicted molar refractivity (Wildman–Crippen MR) is 91.4 cm³/mol. The maximum Gasteiger partial charge on any atom is 0.174 e. The summed E-state index contributed by atoms with van der Waals surface area (Å²) in [6.45, 7) is 0. The number of hydrogen-bond acceptors (Lipinski definition) is 2. The summed E-state index contributed by atoms with van der Waals surface area (Å²) in [5.41, 5.74) is 0.474. The second kappa shape index (κ2) is 8.03. The van der Waals surface area contributed by atoms with Crippen molar-refractivity contribution in [1.82, 2.24) is 0 Å². The van der Waals surface area contributed by atoms with Crippen molar-refractivity contribution in [2.24, 2.45) is 0 Å².